The molecule has 0 aliphatic carbocycles. The van der Waals surface area contributed by atoms with E-state index in [-0.39, 0.29) is 5.91 Å². The predicted octanol–water partition coefficient (Wildman–Crippen LogP) is 0.218. The van der Waals surface area contributed by atoms with Crippen LogP contribution in [0.3, 0.4) is 0 Å². The van der Waals surface area contributed by atoms with Crippen molar-refractivity contribution in [3.8, 4) is 5.75 Å². The molecule has 0 spiro atoms. The molecule has 1 amide bonds. The van der Waals surface area contributed by atoms with Gasteiger partial charge in [0.2, 0.25) is 0 Å². The summed E-state index contributed by atoms with van der Waals surface area (Å²) in [5, 5.41) is 3.07. The van der Waals surface area contributed by atoms with Crippen molar-refractivity contribution in [1.29, 1.82) is 0 Å². The second-order valence-electron chi connectivity index (χ2n) is 8.46. The molecular formula is C24H34N4O2+2. The third-order valence-corrected chi connectivity index (χ3v) is 6.31. The first-order chi connectivity index (χ1) is 14.7. The monoisotopic (exact) mass is 410 g/mol. The number of amides is 1. The van der Waals surface area contributed by atoms with Crippen LogP contribution in [-0.2, 0) is 11.3 Å². The molecule has 30 heavy (non-hydrogen) atoms. The Morgan fingerprint density at radius 1 is 0.967 bits per heavy atom. The Morgan fingerprint density at radius 3 is 2.37 bits per heavy atom. The Kier molecular flexibility index (Phi) is 6.87. The summed E-state index contributed by atoms with van der Waals surface area (Å²) in [4.78, 5) is 17.9. The van der Waals surface area contributed by atoms with Gasteiger partial charge >= 0.3 is 0 Å². The minimum Gasteiger partial charge on any atom is -0.495 e. The number of methoxy groups -OCH3 is 1. The van der Waals surface area contributed by atoms with Gasteiger partial charge in [-0.15, -0.1) is 0 Å². The molecule has 0 bridgehead atoms. The predicted molar refractivity (Wildman–Crippen MR) is 119 cm³/mol. The lowest BCUT2D eigenvalue weighted by Crippen LogP contribution is -3.15. The van der Waals surface area contributed by atoms with E-state index in [1.54, 1.807) is 12.0 Å². The highest BCUT2D eigenvalue weighted by molar-refractivity contribution is 5.91. The number of quaternary nitrogens is 2. The van der Waals surface area contributed by atoms with E-state index in [9.17, 15) is 4.79 Å². The summed E-state index contributed by atoms with van der Waals surface area (Å²) in [6.07, 6.45) is 2.69. The number of rotatable bonds is 7. The fourth-order valence-electron chi connectivity index (χ4n) is 4.61. The molecule has 0 atom stereocenters. The van der Waals surface area contributed by atoms with Gasteiger partial charge in [-0.2, -0.15) is 0 Å². The fourth-order valence-corrected chi connectivity index (χ4v) is 4.61. The molecule has 2 aromatic carbocycles. The Balaban J connectivity index is 1.23. The van der Waals surface area contributed by atoms with Crippen molar-refractivity contribution >= 4 is 17.3 Å². The van der Waals surface area contributed by atoms with E-state index in [0.29, 0.717) is 6.54 Å². The highest BCUT2D eigenvalue weighted by atomic mass is 16.5. The summed E-state index contributed by atoms with van der Waals surface area (Å²) in [7, 11) is 1.71. The van der Waals surface area contributed by atoms with Crippen LogP contribution in [0.1, 0.15) is 18.4 Å². The van der Waals surface area contributed by atoms with Gasteiger partial charge in [-0.25, -0.2) is 0 Å². The van der Waals surface area contributed by atoms with Gasteiger partial charge in [0.05, 0.1) is 52.1 Å². The fraction of sp³-hybridized carbons (Fsp3) is 0.458. The first-order valence-electron chi connectivity index (χ1n) is 11.1. The molecule has 2 aromatic rings. The van der Waals surface area contributed by atoms with Crippen molar-refractivity contribution in [2.45, 2.75) is 19.4 Å². The molecule has 2 fully saturated rings. The van der Waals surface area contributed by atoms with Crippen LogP contribution in [-0.4, -0.2) is 58.8 Å². The number of piperazine rings is 1. The van der Waals surface area contributed by atoms with Crippen LogP contribution in [0.2, 0.25) is 0 Å². The number of carbonyl (C=O) groups excluding carboxylic acids is 1. The number of carbonyl (C=O) groups is 1. The summed E-state index contributed by atoms with van der Waals surface area (Å²) in [6.45, 7) is 7.92. The Bertz CT molecular complexity index is 825. The van der Waals surface area contributed by atoms with Crippen LogP contribution >= 0.6 is 0 Å². The maximum absolute atomic E-state index is 12.5. The Labute approximate surface area is 179 Å². The normalized spacial score (nSPS) is 17.8. The standard InChI is InChI=1S/C24H32N4O2/c1-30-23-7-3-2-6-22(23)28-16-14-27(15-17-28)19-24(29)25-21-10-8-20(9-11-21)18-26-12-4-5-13-26/h2-3,6-11H,4-5,12-19H2,1H3,(H,25,29)/p+2. The molecule has 0 aromatic heterocycles. The van der Waals surface area contributed by atoms with Gasteiger partial charge in [0.15, 0.2) is 6.54 Å². The molecule has 6 heteroatoms. The largest absolute Gasteiger partial charge is 0.495 e. The zero-order valence-corrected chi connectivity index (χ0v) is 18.0. The van der Waals surface area contributed by atoms with E-state index in [4.69, 9.17) is 4.74 Å². The van der Waals surface area contributed by atoms with Crippen molar-refractivity contribution in [1.82, 2.24) is 0 Å². The number of nitrogens with zero attached hydrogens (tertiary/aromatic N) is 1. The van der Waals surface area contributed by atoms with Crippen molar-refractivity contribution in [2.75, 3.05) is 63.1 Å². The quantitative estimate of drug-likeness (QED) is 0.612. The average Bonchev–Trinajstić information content (AvgIpc) is 3.29. The molecule has 2 aliphatic rings. The number of likely N-dealkylation sites (tertiary alicyclic amines) is 1. The lowest BCUT2D eigenvalue weighted by Gasteiger charge is -2.34. The van der Waals surface area contributed by atoms with E-state index in [1.807, 2.05) is 30.3 Å². The minimum atomic E-state index is 0.0914. The van der Waals surface area contributed by atoms with Gasteiger partial charge in [-0.05, 0) is 24.3 Å². The van der Waals surface area contributed by atoms with Crippen molar-refractivity contribution in [3.05, 3.63) is 54.1 Å². The molecule has 4 rings (SSSR count). The molecule has 0 saturated carbocycles. The number of para-hydroxylation sites is 2. The van der Waals surface area contributed by atoms with Gasteiger partial charge in [-0.3, -0.25) is 4.79 Å². The van der Waals surface area contributed by atoms with Crippen LogP contribution in [0, 0.1) is 0 Å². The molecular weight excluding hydrogens is 376 g/mol. The molecule has 160 valence electrons. The van der Waals surface area contributed by atoms with Crippen LogP contribution < -0.4 is 24.8 Å². The number of ether oxygens (including phenoxy) is 1. The summed E-state index contributed by atoms with van der Waals surface area (Å²) >= 11 is 0. The second-order valence-corrected chi connectivity index (χ2v) is 8.46. The molecule has 2 heterocycles. The van der Waals surface area contributed by atoms with E-state index in [0.717, 1.165) is 49.8 Å². The molecule has 0 radical (unpaired) electrons. The van der Waals surface area contributed by atoms with Crippen molar-refractivity contribution in [2.24, 2.45) is 0 Å². The summed E-state index contributed by atoms with van der Waals surface area (Å²) < 4.78 is 5.49. The van der Waals surface area contributed by atoms with E-state index >= 15 is 0 Å². The Morgan fingerprint density at radius 2 is 1.67 bits per heavy atom. The molecule has 0 unspecified atom stereocenters. The van der Waals surface area contributed by atoms with Gasteiger partial charge in [0.25, 0.3) is 5.91 Å². The number of nitrogens with one attached hydrogen (secondary N) is 3. The molecule has 2 aliphatic heterocycles. The maximum Gasteiger partial charge on any atom is 0.279 e. The molecule has 6 nitrogen and oxygen atoms in total. The number of hydrogen-bond donors (Lipinski definition) is 3. The SMILES string of the molecule is COc1ccccc1N1CC[NH+](CC(=O)Nc2ccc(C[NH+]3CCCC3)cc2)CC1. The first-order valence-corrected chi connectivity index (χ1v) is 11.1. The third kappa shape index (κ3) is 5.32. The number of anilines is 2. The van der Waals surface area contributed by atoms with Crippen LogP contribution in [0.15, 0.2) is 48.5 Å². The minimum absolute atomic E-state index is 0.0914. The topological polar surface area (TPSA) is 50.5 Å². The average molecular weight is 411 g/mol. The zero-order chi connectivity index (χ0) is 20.8. The van der Waals surface area contributed by atoms with Gasteiger partial charge in [0.1, 0.15) is 12.3 Å². The van der Waals surface area contributed by atoms with Crippen LogP contribution in [0.25, 0.3) is 0 Å². The number of benzene rings is 2. The summed E-state index contributed by atoms with van der Waals surface area (Å²) in [5.41, 5.74) is 3.38. The zero-order valence-electron chi connectivity index (χ0n) is 18.0. The number of hydrogen-bond acceptors (Lipinski definition) is 3. The lowest BCUT2D eigenvalue weighted by molar-refractivity contribution is -0.901. The second kappa shape index (κ2) is 9.96. The lowest BCUT2D eigenvalue weighted by atomic mass is 10.2. The third-order valence-electron chi connectivity index (χ3n) is 6.31. The van der Waals surface area contributed by atoms with Gasteiger partial charge < -0.3 is 24.8 Å². The highest BCUT2D eigenvalue weighted by Gasteiger charge is 2.24. The first kappa shape index (κ1) is 20.7. The van der Waals surface area contributed by atoms with Gasteiger partial charge in [-0.1, -0.05) is 24.3 Å². The van der Waals surface area contributed by atoms with Crippen molar-refractivity contribution in [3.63, 3.8) is 0 Å². The summed E-state index contributed by atoms with van der Waals surface area (Å²) in [5.74, 6) is 1.00. The van der Waals surface area contributed by atoms with Gasteiger partial charge in [0, 0.05) is 24.1 Å². The van der Waals surface area contributed by atoms with Crippen LogP contribution in [0.4, 0.5) is 11.4 Å². The summed E-state index contributed by atoms with van der Waals surface area (Å²) in [6, 6.07) is 16.5. The molecule has 3 N–H and O–H groups in total. The smallest absolute Gasteiger partial charge is 0.279 e. The Hall–Kier alpha value is -2.57. The molecule has 2 saturated heterocycles. The van der Waals surface area contributed by atoms with E-state index < -0.39 is 0 Å². The van der Waals surface area contributed by atoms with E-state index in [2.05, 4.69) is 28.4 Å². The van der Waals surface area contributed by atoms with Crippen molar-refractivity contribution < 1.29 is 19.3 Å². The highest BCUT2D eigenvalue weighted by Crippen LogP contribution is 2.27. The van der Waals surface area contributed by atoms with Crippen LogP contribution in [0.5, 0.6) is 5.75 Å². The van der Waals surface area contributed by atoms with E-state index in [1.165, 1.54) is 36.4 Å². The maximum atomic E-state index is 12.5.